The zero-order valence-corrected chi connectivity index (χ0v) is 10.6. The van der Waals surface area contributed by atoms with Crippen LogP contribution in [-0.2, 0) is 0 Å². The minimum Gasteiger partial charge on any atom is -0.368 e. The van der Waals surface area contributed by atoms with Crippen molar-refractivity contribution >= 4 is 32.9 Å². The molecular weight excluding hydrogens is 301 g/mol. The number of imidazole rings is 1. The van der Waals surface area contributed by atoms with Crippen molar-refractivity contribution < 1.29 is 4.39 Å². The van der Waals surface area contributed by atoms with Crippen molar-refractivity contribution in [2.24, 2.45) is 0 Å². The Balaban J connectivity index is 2.27. The molecule has 0 aliphatic heterocycles. The van der Waals surface area contributed by atoms with Gasteiger partial charge in [-0.25, -0.2) is 14.4 Å². The molecule has 1 aromatic carbocycles. The first-order valence-electron chi connectivity index (χ1n) is 5.06. The molecule has 0 aliphatic carbocycles. The number of nitrogens with two attached hydrogens (primary N) is 1. The average Bonchev–Trinajstić information content (AvgIpc) is 2.73. The van der Waals surface area contributed by atoms with Gasteiger partial charge >= 0.3 is 0 Å². The first-order valence-corrected chi connectivity index (χ1v) is 5.85. The molecule has 0 bridgehead atoms. The van der Waals surface area contributed by atoms with E-state index >= 15 is 0 Å². The van der Waals surface area contributed by atoms with Crippen LogP contribution in [-0.4, -0.2) is 19.5 Å². The third-order valence-electron chi connectivity index (χ3n) is 2.50. The average molecular weight is 308 g/mol. The fourth-order valence-corrected chi connectivity index (χ4v) is 2.02. The van der Waals surface area contributed by atoms with E-state index in [1.54, 1.807) is 29.2 Å². The van der Waals surface area contributed by atoms with Crippen molar-refractivity contribution in [2.75, 3.05) is 5.73 Å². The molecule has 18 heavy (non-hydrogen) atoms. The molecule has 2 N–H and O–H groups in total. The van der Waals surface area contributed by atoms with Gasteiger partial charge in [-0.3, -0.25) is 4.57 Å². The minimum atomic E-state index is -0.352. The van der Waals surface area contributed by atoms with Crippen molar-refractivity contribution in [1.29, 1.82) is 0 Å². The van der Waals surface area contributed by atoms with Gasteiger partial charge in [0.15, 0.2) is 0 Å². The van der Waals surface area contributed by atoms with E-state index in [4.69, 9.17) is 5.73 Å². The van der Waals surface area contributed by atoms with E-state index in [-0.39, 0.29) is 11.8 Å². The molecule has 90 valence electrons. The smallest absolute Gasteiger partial charge is 0.221 e. The van der Waals surface area contributed by atoms with Gasteiger partial charge in [0.05, 0.1) is 15.5 Å². The van der Waals surface area contributed by atoms with Crippen LogP contribution in [0.5, 0.6) is 0 Å². The molecule has 0 atom stereocenters. The van der Waals surface area contributed by atoms with Crippen LogP contribution in [0.25, 0.3) is 16.9 Å². The molecule has 5 nitrogen and oxygen atoms in total. The number of anilines is 1. The number of hydrogen-bond donors (Lipinski definition) is 1. The lowest BCUT2D eigenvalue weighted by molar-refractivity contribution is 0.623. The maximum absolute atomic E-state index is 13.4. The maximum Gasteiger partial charge on any atom is 0.221 e. The van der Waals surface area contributed by atoms with E-state index in [0.717, 1.165) is 5.52 Å². The fourth-order valence-electron chi connectivity index (χ4n) is 1.68. The second kappa shape index (κ2) is 4.02. The summed E-state index contributed by atoms with van der Waals surface area (Å²) in [6.07, 6.45) is 3.13. The number of hydrogen-bond acceptors (Lipinski definition) is 4. The molecule has 0 fully saturated rings. The van der Waals surface area contributed by atoms with Gasteiger partial charge in [-0.1, -0.05) is 0 Å². The number of aromatic nitrogens is 4. The lowest BCUT2D eigenvalue weighted by Gasteiger charge is -2.03. The highest BCUT2D eigenvalue weighted by Crippen LogP contribution is 2.24. The fraction of sp³-hybridized carbons (Fsp3) is 0. The summed E-state index contributed by atoms with van der Waals surface area (Å²) >= 11 is 3.15. The van der Waals surface area contributed by atoms with Gasteiger partial charge in [0, 0.05) is 12.3 Å². The summed E-state index contributed by atoms with van der Waals surface area (Å²) in [4.78, 5) is 12.1. The monoisotopic (exact) mass is 307 g/mol. The Morgan fingerprint density at radius 1 is 1.28 bits per heavy atom. The van der Waals surface area contributed by atoms with Crippen LogP contribution in [0.4, 0.5) is 10.3 Å². The quantitative estimate of drug-likeness (QED) is 0.749. The summed E-state index contributed by atoms with van der Waals surface area (Å²) in [5.41, 5.74) is 6.82. The van der Waals surface area contributed by atoms with Crippen molar-refractivity contribution in [3.8, 4) is 5.82 Å². The third kappa shape index (κ3) is 1.72. The molecule has 0 saturated carbocycles. The Bertz CT molecular complexity index is 739. The van der Waals surface area contributed by atoms with Crippen molar-refractivity contribution in [1.82, 2.24) is 19.5 Å². The lowest BCUT2D eigenvalue weighted by Crippen LogP contribution is -2.01. The number of benzene rings is 1. The van der Waals surface area contributed by atoms with E-state index in [0.29, 0.717) is 15.8 Å². The van der Waals surface area contributed by atoms with E-state index < -0.39 is 0 Å². The SMILES string of the molecule is Nc1nccc(-n2cnc3cc(F)c(Br)cc32)n1. The highest BCUT2D eigenvalue weighted by molar-refractivity contribution is 9.10. The van der Waals surface area contributed by atoms with Crippen LogP contribution in [0.2, 0.25) is 0 Å². The lowest BCUT2D eigenvalue weighted by atomic mass is 10.3. The summed E-state index contributed by atoms with van der Waals surface area (Å²) in [6, 6.07) is 4.71. The van der Waals surface area contributed by atoms with Gasteiger partial charge < -0.3 is 5.73 Å². The van der Waals surface area contributed by atoms with Crippen LogP contribution in [0.15, 0.2) is 35.2 Å². The predicted molar refractivity (Wildman–Crippen MR) is 68.7 cm³/mol. The molecule has 3 rings (SSSR count). The van der Waals surface area contributed by atoms with Gasteiger partial charge in [-0.15, -0.1) is 0 Å². The van der Waals surface area contributed by atoms with E-state index in [2.05, 4.69) is 30.9 Å². The van der Waals surface area contributed by atoms with Crippen molar-refractivity contribution in [3.05, 3.63) is 41.0 Å². The summed E-state index contributed by atoms with van der Waals surface area (Å²) in [5.74, 6) is 0.411. The molecule has 0 spiro atoms. The Hall–Kier alpha value is -2.02. The minimum absolute atomic E-state index is 0.176. The van der Waals surface area contributed by atoms with Crippen LogP contribution in [0, 0.1) is 5.82 Å². The van der Waals surface area contributed by atoms with Gasteiger partial charge in [0.25, 0.3) is 0 Å². The molecule has 2 aromatic heterocycles. The largest absolute Gasteiger partial charge is 0.368 e. The number of halogens is 2. The molecular formula is C11H7BrFN5. The summed E-state index contributed by atoms with van der Waals surface area (Å²) in [6.45, 7) is 0. The van der Waals surface area contributed by atoms with Crippen LogP contribution < -0.4 is 5.73 Å². The van der Waals surface area contributed by atoms with Gasteiger partial charge in [0.2, 0.25) is 5.95 Å². The van der Waals surface area contributed by atoms with E-state index in [1.165, 1.54) is 6.07 Å². The molecule has 0 saturated heterocycles. The highest BCUT2D eigenvalue weighted by atomic mass is 79.9. The van der Waals surface area contributed by atoms with Crippen molar-refractivity contribution in [3.63, 3.8) is 0 Å². The van der Waals surface area contributed by atoms with Gasteiger partial charge in [-0.2, -0.15) is 4.98 Å². The summed E-state index contributed by atoms with van der Waals surface area (Å²) in [5, 5.41) is 0. The zero-order valence-electron chi connectivity index (χ0n) is 9.01. The molecule has 2 heterocycles. The predicted octanol–water partition coefficient (Wildman–Crippen LogP) is 2.30. The molecule has 0 aliphatic rings. The van der Waals surface area contributed by atoms with Gasteiger partial charge in [0.1, 0.15) is 18.0 Å². The van der Waals surface area contributed by atoms with E-state index in [9.17, 15) is 4.39 Å². The molecule has 0 unspecified atom stereocenters. The number of nitrogens with zero attached hydrogens (tertiary/aromatic N) is 4. The summed E-state index contributed by atoms with van der Waals surface area (Å²) < 4.78 is 15.5. The van der Waals surface area contributed by atoms with Crippen LogP contribution >= 0.6 is 15.9 Å². The zero-order chi connectivity index (χ0) is 12.7. The Morgan fingerprint density at radius 3 is 2.89 bits per heavy atom. The molecule has 7 heteroatoms. The highest BCUT2D eigenvalue weighted by Gasteiger charge is 2.09. The van der Waals surface area contributed by atoms with E-state index in [1.807, 2.05) is 0 Å². The molecule has 3 aromatic rings. The first-order chi connectivity index (χ1) is 8.65. The molecule has 0 radical (unpaired) electrons. The maximum atomic E-state index is 13.4. The van der Waals surface area contributed by atoms with Gasteiger partial charge in [-0.05, 0) is 28.1 Å². The summed E-state index contributed by atoms with van der Waals surface area (Å²) in [7, 11) is 0. The Labute approximate surface area is 110 Å². The standard InChI is InChI=1S/C11H7BrFN5/c12-6-3-9-8(4-7(6)13)16-5-18(9)10-1-2-15-11(14)17-10/h1-5H,(H2,14,15,17). The molecule has 0 amide bonds. The van der Waals surface area contributed by atoms with Crippen LogP contribution in [0.1, 0.15) is 0 Å². The Morgan fingerprint density at radius 2 is 2.11 bits per heavy atom. The topological polar surface area (TPSA) is 69.6 Å². The van der Waals surface area contributed by atoms with Crippen LogP contribution in [0.3, 0.4) is 0 Å². The first kappa shape index (κ1) is 11.1. The van der Waals surface area contributed by atoms with Crippen molar-refractivity contribution in [2.45, 2.75) is 0 Å². The number of rotatable bonds is 1. The normalized spacial score (nSPS) is 11.0. The number of fused-ring (bicyclic) bond motifs is 1. The Kier molecular flexibility index (Phi) is 2.48. The third-order valence-corrected chi connectivity index (χ3v) is 3.10. The second-order valence-corrected chi connectivity index (χ2v) is 4.50. The second-order valence-electron chi connectivity index (χ2n) is 3.64. The number of nitrogen functional groups attached to an aromatic ring is 1.